The first-order valence-corrected chi connectivity index (χ1v) is 10.6. The average molecular weight is 458 g/mol. The van der Waals surface area contributed by atoms with Crippen LogP contribution in [-0.4, -0.2) is 92.1 Å². The number of carbonyl (C=O) groups excluding carboxylic acids is 1. The molecule has 1 unspecified atom stereocenters. The number of amides is 1. The number of hydrogen-bond acceptors (Lipinski definition) is 5. The molecule has 10 heteroatoms. The van der Waals surface area contributed by atoms with Crippen molar-refractivity contribution in [1.29, 1.82) is 0 Å². The van der Waals surface area contributed by atoms with Crippen LogP contribution in [0.1, 0.15) is 24.3 Å². The summed E-state index contributed by atoms with van der Waals surface area (Å²) in [5, 5.41) is 7.12. The number of ether oxygens (including phenoxy) is 2. The second-order valence-corrected chi connectivity index (χ2v) is 8.40. The summed E-state index contributed by atoms with van der Waals surface area (Å²) in [6.45, 7) is 5.63. The second-order valence-electron chi connectivity index (χ2n) is 8.40. The molecule has 3 aliphatic heterocycles. The van der Waals surface area contributed by atoms with E-state index in [-0.39, 0.29) is 11.3 Å². The summed E-state index contributed by atoms with van der Waals surface area (Å²) >= 11 is 0. The molecule has 0 saturated carbocycles. The number of methoxy groups -OCH3 is 1. The summed E-state index contributed by atoms with van der Waals surface area (Å²) in [6, 6.07) is 11.1. The standard InChI is InChI=1S/C20H28N2O3.C2HF3O2/c1-24-12-10-21-9-8-20(19(21)23)15-22(17-7-11-25-14-17)13-18(20)16-5-3-2-4-6-16;3-2(4,5)1(6)7/h2-6,17-18H,7-15H2,1H3;(H,6,7)/t17?,18-,20+;/m0./s1. The third-order valence-electron chi connectivity index (χ3n) is 6.54. The zero-order valence-electron chi connectivity index (χ0n) is 18.0. The number of halogens is 3. The predicted molar refractivity (Wildman–Crippen MR) is 109 cm³/mol. The summed E-state index contributed by atoms with van der Waals surface area (Å²) < 4.78 is 42.5. The Kier molecular flexibility index (Phi) is 7.79. The quantitative estimate of drug-likeness (QED) is 0.730. The molecule has 3 fully saturated rings. The molecular weight excluding hydrogens is 429 g/mol. The highest BCUT2D eigenvalue weighted by molar-refractivity contribution is 5.87. The monoisotopic (exact) mass is 458 g/mol. The van der Waals surface area contributed by atoms with Crippen LogP contribution in [0.3, 0.4) is 0 Å². The van der Waals surface area contributed by atoms with Gasteiger partial charge in [-0.1, -0.05) is 30.3 Å². The van der Waals surface area contributed by atoms with Crippen molar-refractivity contribution in [2.45, 2.75) is 31.0 Å². The van der Waals surface area contributed by atoms with Crippen LogP contribution in [0.25, 0.3) is 0 Å². The Morgan fingerprint density at radius 3 is 2.56 bits per heavy atom. The van der Waals surface area contributed by atoms with E-state index in [2.05, 4.69) is 35.2 Å². The van der Waals surface area contributed by atoms with Crippen molar-refractivity contribution in [3.8, 4) is 0 Å². The molecule has 3 aliphatic rings. The highest BCUT2D eigenvalue weighted by Crippen LogP contribution is 2.50. The molecule has 1 spiro atoms. The molecule has 1 N–H and O–H groups in total. The van der Waals surface area contributed by atoms with Crippen LogP contribution in [0, 0.1) is 5.41 Å². The van der Waals surface area contributed by atoms with E-state index in [1.165, 1.54) is 5.56 Å². The summed E-state index contributed by atoms with van der Waals surface area (Å²) in [5.74, 6) is -2.17. The lowest BCUT2D eigenvalue weighted by Gasteiger charge is -2.29. The fourth-order valence-corrected chi connectivity index (χ4v) is 4.89. The van der Waals surface area contributed by atoms with Crippen LogP contribution in [0.5, 0.6) is 0 Å². The number of rotatable bonds is 5. The molecular formula is C22H29F3N2O5. The fourth-order valence-electron chi connectivity index (χ4n) is 4.89. The Morgan fingerprint density at radius 2 is 2.00 bits per heavy atom. The topological polar surface area (TPSA) is 79.3 Å². The van der Waals surface area contributed by atoms with E-state index in [1.807, 2.05) is 4.90 Å². The van der Waals surface area contributed by atoms with Crippen LogP contribution in [-0.2, 0) is 19.1 Å². The minimum atomic E-state index is -5.08. The Hall–Kier alpha value is -2.17. The van der Waals surface area contributed by atoms with E-state index in [4.69, 9.17) is 19.4 Å². The Bertz CT molecular complexity index is 786. The summed E-state index contributed by atoms with van der Waals surface area (Å²) in [5.41, 5.74) is 1.02. The maximum absolute atomic E-state index is 13.4. The summed E-state index contributed by atoms with van der Waals surface area (Å²) in [6.07, 6.45) is -3.06. The minimum absolute atomic E-state index is 0.273. The van der Waals surface area contributed by atoms with Gasteiger partial charge in [0, 0.05) is 51.9 Å². The number of hydrogen-bond donors (Lipinski definition) is 1. The maximum Gasteiger partial charge on any atom is 0.490 e. The van der Waals surface area contributed by atoms with Crippen molar-refractivity contribution in [3.63, 3.8) is 0 Å². The van der Waals surface area contributed by atoms with Crippen molar-refractivity contribution >= 4 is 11.9 Å². The predicted octanol–water partition coefficient (Wildman–Crippen LogP) is 2.37. The maximum atomic E-state index is 13.4. The molecule has 4 rings (SSSR count). The van der Waals surface area contributed by atoms with Gasteiger partial charge in [0.2, 0.25) is 5.91 Å². The molecule has 1 aromatic carbocycles. The molecule has 3 saturated heterocycles. The van der Waals surface area contributed by atoms with Crippen LogP contribution in [0.15, 0.2) is 30.3 Å². The molecule has 1 aromatic rings. The van der Waals surface area contributed by atoms with Crippen molar-refractivity contribution in [3.05, 3.63) is 35.9 Å². The first kappa shape index (κ1) is 24.5. The average Bonchev–Trinajstić information content (AvgIpc) is 3.48. The van der Waals surface area contributed by atoms with Gasteiger partial charge in [0.25, 0.3) is 0 Å². The highest BCUT2D eigenvalue weighted by atomic mass is 19.4. The Balaban J connectivity index is 0.000000360. The minimum Gasteiger partial charge on any atom is -0.475 e. The van der Waals surface area contributed by atoms with Gasteiger partial charge in [-0.3, -0.25) is 9.69 Å². The van der Waals surface area contributed by atoms with Gasteiger partial charge in [-0.25, -0.2) is 4.79 Å². The van der Waals surface area contributed by atoms with Crippen molar-refractivity contribution < 1.29 is 37.3 Å². The Morgan fingerprint density at radius 1 is 1.31 bits per heavy atom. The molecule has 7 nitrogen and oxygen atoms in total. The zero-order chi connectivity index (χ0) is 23.4. The number of nitrogens with zero attached hydrogens (tertiary/aromatic N) is 2. The third-order valence-corrected chi connectivity index (χ3v) is 6.54. The summed E-state index contributed by atoms with van der Waals surface area (Å²) in [4.78, 5) is 26.8. The lowest BCUT2D eigenvalue weighted by molar-refractivity contribution is -0.192. The van der Waals surface area contributed by atoms with Gasteiger partial charge in [0.05, 0.1) is 18.6 Å². The highest BCUT2D eigenvalue weighted by Gasteiger charge is 2.57. The van der Waals surface area contributed by atoms with E-state index in [1.54, 1.807) is 7.11 Å². The molecule has 3 atom stereocenters. The lowest BCUT2D eigenvalue weighted by atomic mass is 9.73. The molecule has 0 aliphatic carbocycles. The molecule has 1 amide bonds. The van der Waals surface area contributed by atoms with Gasteiger partial charge in [0.1, 0.15) is 0 Å². The van der Waals surface area contributed by atoms with E-state index < -0.39 is 12.1 Å². The van der Waals surface area contributed by atoms with Gasteiger partial charge in [-0.2, -0.15) is 13.2 Å². The second kappa shape index (κ2) is 10.2. The van der Waals surface area contributed by atoms with Gasteiger partial charge in [-0.15, -0.1) is 0 Å². The summed E-state index contributed by atoms with van der Waals surface area (Å²) in [7, 11) is 1.69. The molecule has 0 aromatic heterocycles. The number of carboxylic acids is 1. The normalized spacial score (nSPS) is 28.2. The van der Waals surface area contributed by atoms with Crippen LogP contribution in [0.2, 0.25) is 0 Å². The molecule has 32 heavy (non-hydrogen) atoms. The van der Waals surface area contributed by atoms with Crippen LogP contribution >= 0.6 is 0 Å². The van der Waals surface area contributed by atoms with E-state index >= 15 is 0 Å². The largest absolute Gasteiger partial charge is 0.490 e. The van der Waals surface area contributed by atoms with Crippen molar-refractivity contribution in [2.75, 3.05) is 53.1 Å². The number of benzene rings is 1. The van der Waals surface area contributed by atoms with Gasteiger partial charge < -0.3 is 19.5 Å². The number of alkyl halides is 3. The Labute approximate surface area is 185 Å². The third kappa shape index (κ3) is 5.24. The van der Waals surface area contributed by atoms with E-state index in [0.29, 0.717) is 25.1 Å². The fraction of sp³-hybridized carbons (Fsp3) is 0.636. The van der Waals surface area contributed by atoms with Crippen LogP contribution < -0.4 is 0 Å². The van der Waals surface area contributed by atoms with Gasteiger partial charge in [0.15, 0.2) is 0 Å². The molecule has 0 bridgehead atoms. The van der Waals surface area contributed by atoms with Crippen LogP contribution in [0.4, 0.5) is 13.2 Å². The van der Waals surface area contributed by atoms with Gasteiger partial charge in [-0.05, 0) is 18.4 Å². The smallest absolute Gasteiger partial charge is 0.475 e. The van der Waals surface area contributed by atoms with Crippen molar-refractivity contribution in [2.24, 2.45) is 5.41 Å². The number of likely N-dealkylation sites (tertiary alicyclic amines) is 2. The molecule has 178 valence electrons. The molecule has 0 radical (unpaired) electrons. The zero-order valence-corrected chi connectivity index (χ0v) is 18.0. The molecule has 3 heterocycles. The van der Waals surface area contributed by atoms with E-state index in [9.17, 15) is 18.0 Å². The first-order chi connectivity index (χ1) is 15.2. The number of aliphatic carboxylic acids is 1. The first-order valence-electron chi connectivity index (χ1n) is 10.6. The number of carboxylic acid groups (broad SMARTS) is 1. The number of carbonyl (C=O) groups is 2. The SMILES string of the molecule is COCCN1CC[C@]2(CN(C3CCOC3)C[C@H]2c2ccccc2)C1=O.O=C(O)C(F)(F)F. The lowest BCUT2D eigenvalue weighted by Crippen LogP contribution is -2.42. The van der Waals surface area contributed by atoms with Crippen molar-refractivity contribution in [1.82, 2.24) is 9.80 Å². The van der Waals surface area contributed by atoms with E-state index in [0.717, 1.165) is 45.7 Å². The van der Waals surface area contributed by atoms with Gasteiger partial charge >= 0.3 is 12.1 Å².